The lowest BCUT2D eigenvalue weighted by Crippen LogP contribution is -2.44. The first kappa shape index (κ1) is 19.3. The number of hydrogen-bond acceptors (Lipinski definition) is 5. The number of aliphatic hydroxyl groups is 1. The summed E-state index contributed by atoms with van der Waals surface area (Å²) in [5, 5.41) is 12.3. The number of rotatable bonds is 9. The van der Waals surface area contributed by atoms with Crippen LogP contribution in [-0.2, 0) is 19.1 Å². The van der Waals surface area contributed by atoms with Crippen molar-refractivity contribution >= 4 is 23.9 Å². The Morgan fingerprint density at radius 1 is 1.46 bits per heavy atom. The van der Waals surface area contributed by atoms with E-state index in [2.05, 4.69) is 15.1 Å². The van der Waals surface area contributed by atoms with Gasteiger partial charge in [-0.2, -0.15) is 4.79 Å². The molecule has 1 aromatic rings. The number of aromatic amines is 1. The zero-order chi connectivity index (χ0) is 18.1. The minimum atomic E-state index is -1.48. The Labute approximate surface area is 138 Å². The summed E-state index contributed by atoms with van der Waals surface area (Å²) >= 11 is 0. The first-order valence-electron chi connectivity index (χ1n) is 7.37. The molecule has 9 heteroatoms. The van der Waals surface area contributed by atoms with Crippen molar-refractivity contribution in [1.82, 2.24) is 10.3 Å². The Balaban J connectivity index is 2.76. The summed E-state index contributed by atoms with van der Waals surface area (Å²) in [6.45, 7) is 3.29. The van der Waals surface area contributed by atoms with E-state index in [0.717, 1.165) is 0 Å². The molecule has 0 saturated carbocycles. The second kappa shape index (κ2) is 9.39. The molecule has 0 spiro atoms. The molecule has 1 aromatic heterocycles. The summed E-state index contributed by atoms with van der Waals surface area (Å²) < 4.78 is 5.04. The standard InChI is InChI=1S/C15H20N4O5/c1-9(2)24-15(23)12(6-5-10(20)8-18-16)19-14(22)13(21)11-4-3-7-17-11/h3-4,7-9,12-13,17,21H,5-6H2,1-2H3,(H,19,22)/t12-,13-/m0/s1. The summed E-state index contributed by atoms with van der Waals surface area (Å²) in [7, 11) is 0. The predicted molar refractivity (Wildman–Crippen MR) is 82.8 cm³/mol. The maximum Gasteiger partial charge on any atom is 0.328 e. The van der Waals surface area contributed by atoms with Gasteiger partial charge in [0.15, 0.2) is 6.10 Å². The van der Waals surface area contributed by atoms with Crippen molar-refractivity contribution in [3.05, 3.63) is 29.6 Å². The zero-order valence-electron chi connectivity index (χ0n) is 13.4. The first-order valence-corrected chi connectivity index (χ1v) is 7.37. The van der Waals surface area contributed by atoms with Crippen LogP contribution in [0.5, 0.6) is 0 Å². The van der Waals surface area contributed by atoms with Gasteiger partial charge in [-0.25, -0.2) is 4.79 Å². The van der Waals surface area contributed by atoms with E-state index >= 15 is 0 Å². The highest BCUT2D eigenvalue weighted by Gasteiger charge is 2.28. The number of carbonyl (C=O) groups excluding carboxylic acids is 3. The third-order valence-electron chi connectivity index (χ3n) is 3.00. The topological polar surface area (TPSA) is 145 Å². The van der Waals surface area contributed by atoms with Gasteiger partial charge in [0.25, 0.3) is 5.91 Å². The number of Topliss-reactive ketones (excluding diaryl/α,β-unsaturated/α-hetero) is 1. The fourth-order valence-corrected chi connectivity index (χ4v) is 1.89. The number of ether oxygens (including phenoxy) is 1. The number of nitrogens with zero attached hydrogens (tertiary/aromatic N) is 2. The fraction of sp³-hybridized carbons (Fsp3) is 0.467. The number of esters is 1. The number of amides is 1. The lowest BCUT2D eigenvalue weighted by molar-refractivity contribution is -0.152. The second-order valence-electron chi connectivity index (χ2n) is 5.32. The van der Waals surface area contributed by atoms with E-state index in [9.17, 15) is 19.5 Å². The second-order valence-corrected chi connectivity index (χ2v) is 5.32. The highest BCUT2D eigenvalue weighted by molar-refractivity contribution is 6.25. The van der Waals surface area contributed by atoms with E-state index in [1.165, 1.54) is 6.07 Å². The van der Waals surface area contributed by atoms with Crippen molar-refractivity contribution < 1.29 is 29.0 Å². The lowest BCUT2D eigenvalue weighted by atomic mass is 10.1. The molecule has 9 nitrogen and oxygen atoms in total. The molecule has 0 aromatic carbocycles. The van der Waals surface area contributed by atoms with Crippen LogP contribution in [0.1, 0.15) is 38.5 Å². The van der Waals surface area contributed by atoms with Crippen molar-refractivity contribution in [3.8, 4) is 0 Å². The quantitative estimate of drug-likeness (QED) is 0.254. The maximum atomic E-state index is 12.1. The summed E-state index contributed by atoms with van der Waals surface area (Å²) in [5.41, 5.74) is 8.57. The van der Waals surface area contributed by atoms with Gasteiger partial charge in [-0.05, 0) is 32.4 Å². The molecule has 0 saturated heterocycles. The molecule has 24 heavy (non-hydrogen) atoms. The molecule has 130 valence electrons. The summed E-state index contributed by atoms with van der Waals surface area (Å²) in [5.74, 6) is -2.03. The molecule has 0 aliphatic rings. The van der Waals surface area contributed by atoms with E-state index < -0.39 is 35.9 Å². The molecule has 1 heterocycles. The molecule has 1 amide bonds. The third kappa shape index (κ3) is 6.15. The van der Waals surface area contributed by atoms with Gasteiger partial charge in [0, 0.05) is 12.6 Å². The van der Waals surface area contributed by atoms with E-state index in [1.807, 2.05) is 0 Å². The number of carbonyl (C=O) groups is 3. The van der Waals surface area contributed by atoms with Crippen molar-refractivity contribution in [1.29, 1.82) is 0 Å². The third-order valence-corrected chi connectivity index (χ3v) is 3.00. The maximum absolute atomic E-state index is 12.1. The van der Waals surface area contributed by atoms with Crippen molar-refractivity contribution in [3.63, 3.8) is 0 Å². The average Bonchev–Trinajstić information content (AvgIpc) is 3.04. The van der Waals surface area contributed by atoms with Crippen LogP contribution in [-0.4, -0.2) is 50.9 Å². The first-order chi connectivity index (χ1) is 11.3. The number of nitrogens with one attached hydrogen (secondary N) is 2. The summed E-state index contributed by atoms with van der Waals surface area (Å²) in [6, 6.07) is 2.02. The Bertz CT molecular complexity index is 620. The lowest BCUT2D eigenvalue weighted by Gasteiger charge is -2.20. The SMILES string of the molecule is CC(C)OC(=O)[C@H](CCC(=O)C=[N+]=[N-])NC(=O)[C@@H](O)c1ccc[nH]1. The fourth-order valence-electron chi connectivity index (χ4n) is 1.89. The minimum Gasteiger partial charge on any atom is -0.461 e. The molecule has 1 rings (SSSR count). The largest absolute Gasteiger partial charge is 0.461 e. The Kier molecular flexibility index (Phi) is 7.54. The van der Waals surface area contributed by atoms with Gasteiger partial charge in [-0.3, -0.25) is 9.59 Å². The number of H-pyrrole nitrogens is 1. The van der Waals surface area contributed by atoms with Gasteiger partial charge in [0.2, 0.25) is 5.78 Å². The molecule has 0 bridgehead atoms. The van der Waals surface area contributed by atoms with Crippen LogP contribution < -0.4 is 5.32 Å². The van der Waals surface area contributed by atoms with E-state index in [0.29, 0.717) is 6.21 Å². The van der Waals surface area contributed by atoms with Crippen molar-refractivity contribution in [2.24, 2.45) is 0 Å². The molecule has 0 aliphatic carbocycles. The van der Waals surface area contributed by atoms with Crippen LogP contribution >= 0.6 is 0 Å². The molecule has 3 N–H and O–H groups in total. The van der Waals surface area contributed by atoms with E-state index in [-0.39, 0.29) is 18.5 Å². The van der Waals surface area contributed by atoms with Gasteiger partial charge in [0.1, 0.15) is 6.04 Å². The van der Waals surface area contributed by atoms with Gasteiger partial charge in [-0.1, -0.05) is 0 Å². The Morgan fingerprint density at radius 3 is 2.71 bits per heavy atom. The number of aliphatic hydroxyl groups excluding tert-OH is 1. The normalized spacial score (nSPS) is 12.8. The zero-order valence-corrected chi connectivity index (χ0v) is 13.4. The molecule has 0 radical (unpaired) electrons. The molecule has 0 fully saturated rings. The molecular weight excluding hydrogens is 316 g/mol. The highest BCUT2D eigenvalue weighted by atomic mass is 16.5. The van der Waals surface area contributed by atoms with Gasteiger partial charge < -0.3 is 25.7 Å². The summed E-state index contributed by atoms with van der Waals surface area (Å²) in [6.07, 6.45) is 0.174. The predicted octanol–water partition coefficient (Wildman–Crippen LogP) is 0.134. The highest BCUT2D eigenvalue weighted by Crippen LogP contribution is 2.11. The molecule has 0 aliphatic heterocycles. The Morgan fingerprint density at radius 2 is 2.17 bits per heavy atom. The number of aromatic nitrogens is 1. The smallest absolute Gasteiger partial charge is 0.328 e. The van der Waals surface area contributed by atoms with E-state index in [1.54, 1.807) is 26.1 Å². The summed E-state index contributed by atoms with van der Waals surface area (Å²) in [4.78, 5) is 40.8. The average molecular weight is 336 g/mol. The van der Waals surface area contributed by atoms with Gasteiger partial charge in [-0.15, -0.1) is 0 Å². The minimum absolute atomic E-state index is 0.0560. The van der Waals surface area contributed by atoms with E-state index in [4.69, 9.17) is 10.3 Å². The van der Waals surface area contributed by atoms with Crippen LogP contribution in [0.25, 0.3) is 5.53 Å². The Hall–Kier alpha value is -2.77. The number of ketones is 1. The van der Waals surface area contributed by atoms with Crippen molar-refractivity contribution in [2.45, 2.75) is 44.9 Å². The van der Waals surface area contributed by atoms with Gasteiger partial charge in [0.05, 0.1) is 11.8 Å². The number of hydrogen-bond donors (Lipinski definition) is 3. The van der Waals surface area contributed by atoms with Crippen LogP contribution in [0.15, 0.2) is 18.3 Å². The van der Waals surface area contributed by atoms with Crippen LogP contribution in [0.3, 0.4) is 0 Å². The van der Waals surface area contributed by atoms with Crippen LogP contribution in [0, 0.1) is 0 Å². The van der Waals surface area contributed by atoms with Gasteiger partial charge >= 0.3 is 12.2 Å². The van der Waals surface area contributed by atoms with Crippen LogP contribution in [0.4, 0.5) is 0 Å². The monoisotopic (exact) mass is 336 g/mol. The van der Waals surface area contributed by atoms with Crippen molar-refractivity contribution in [2.75, 3.05) is 0 Å². The van der Waals surface area contributed by atoms with Crippen LogP contribution in [0.2, 0.25) is 0 Å². The molecule has 0 unspecified atom stereocenters. The molecule has 2 atom stereocenters. The molecular formula is C15H20N4O5.